The number of aryl methyl sites for hydroxylation is 1. The van der Waals surface area contributed by atoms with Crippen LogP contribution in [-0.2, 0) is 6.42 Å². The first-order valence-corrected chi connectivity index (χ1v) is 22.6. The van der Waals surface area contributed by atoms with Gasteiger partial charge in [-0.25, -0.2) is 17.6 Å². The smallest absolute Gasteiger partial charge is 0.194 e. The van der Waals surface area contributed by atoms with E-state index < -0.39 is 30.5 Å². The maximum atomic E-state index is 14.5. The molecule has 6 aromatic rings. The second-order valence-electron chi connectivity index (χ2n) is 15.2. The molecule has 3 fully saturated rings. The molecule has 0 aromatic heterocycles. The van der Waals surface area contributed by atoms with E-state index in [1.807, 2.05) is 24.3 Å². The molecule has 0 bridgehead atoms. The molecule has 0 N–H and O–H groups in total. The Balaban J connectivity index is 0.000000167. The van der Waals surface area contributed by atoms with E-state index in [1.165, 1.54) is 90.0 Å². The van der Waals surface area contributed by atoms with Crippen molar-refractivity contribution in [1.82, 2.24) is 0 Å². The van der Waals surface area contributed by atoms with Crippen LogP contribution in [0.15, 0.2) is 146 Å². The van der Waals surface area contributed by atoms with Crippen LogP contribution in [0, 0.1) is 41.0 Å². The van der Waals surface area contributed by atoms with Crippen molar-refractivity contribution in [3.05, 3.63) is 174 Å². The lowest BCUT2D eigenvalue weighted by molar-refractivity contribution is -0.0000129. The fraction of sp³-hybridized carbons (Fsp3) is 0.265. The van der Waals surface area contributed by atoms with Gasteiger partial charge in [0.2, 0.25) is 0 Å². The van der Waals surface area contributed by atoms with Crippen LogP contribution in [0.1, 0.15) is 50.5 Å². The van der Waals surface area contributed by atoms with Gasteiger partial charge < -0.3 is 17.0 Å². The van der Waals surface area contributed by atoms with Crippen LogP contribution in [0.25, 0.3) is 22.3 Å². The summed E-state index contributed by atoms with van der Waals surface area (Å²) in [5, 5.41) is 5.78. The summed E-state index contributed by atoms with van der Waals surface area (Å²) in [6.07, 6.45) is 12.0. The summed E-state index contributed by atoms with van der Waals surface area (Å²) >= 11 is 3.38. The van der Waals surface area contributed by atoms with Gasteiger partial charge >= 0.3 is 0 Å². The van der Waals surface area contributed by atoms with Crippen molar-refractivity contribution in [1.29, 1.82) is 0 Å². The van der Waals surface area contributed by atoms with E-state index in [-0.39, 0.29) is 28.1 Å². The van der Waals surface area contributed by atoms with Gasteiger partial charge in [-0.05, 0) is 133 Å². The summed E-state index contributed by atoms with van der Waals surface area (Å²) < 4.78 is 54.5. The molecule has 7 heteroatoms. The molecule has 0 atom stereocenters. The van der Waals surface area contributed by atoms with Gasteiger partial charge in [0, 0.05) is 10.9 Å². The highest BCUT2D eigenvalue weighted by molar-refractivity contribution is 9.09. The fourth-order valence-electron chi connectivity index (χ4n) is 7.05. The van der Waals surface area contributed by atoms with Crippen LogP contribution in [0.2, 0.25) is 0 Å². The number of rotatable bonds is 11. The largest absolute Gasteiger partial charge is 1.00 e. The van der Waals surface area contributed by atoms with E-state index in [2.05, 4.69) is 107 Å². The van der Waals surface area contributed by atoms with E-state index >= 15 is 0 Å². The Morgan fingerprint density at radius 2 is 0.929 bits per heavy atom. The van der Waals surface area contributed by atoms with Gasteiger partial charge in [0.15, 0.2) is 17.5 Å². The maximum Gasteiger partial charge on any atom is 0.194 e. The van der Waals surface area contributed by atoms with Gasteiger partial charge in [-0.1, -0.05) is 120 Å². The summed E-state index contributed by atoms with van der Waals surface area (Å²) in [7, 11) is -1.55. The molecule has 290 valence electrons. The van der Waals surface area contributed by atoms with Crippen LogP contribution >= 0.6 is 23.2 Å². The van der Waals surface area contributed by atoms with Gasteiger partial charge in [0.25, 0.3) is 0 Å². The summed E-state index contributed by atoms with van der Waals surface area (Å²) in [5.41, 5.74) is 2.80. The minimum Gasteiger partial charge on any atom is -1.00 e. The summed E-state index contributed by atoms with van der Waals surface area (Å²) in [6, 6.07) is 47.7. The molecule has 0 saturated heterocycles. The van der Waals surface area contributed by atoms with Gasteiger partial charge in [0.1, 0.15) is 29.0 Å². The summed E-state index contributed by atoms with van der Waals surface area (Å²) in [5.74, 6) is -2.02. The highest BCUT2D eigenvalue weighted by Crippen LogP contribution is 2.59. The predicted molar refractivity (Wildman–Crippen MR) is 227 cm³/mol. The van der Waals surface area contributed by atoms with Crippen LogP contribution in [0.3, 0.4) is 0 Å². The van der Waals surface area contributed by atoms with Gasteiger partial charge in [-0.3, -0.25) is 0 Å². The zero-order valence-corrected chi connectivity index (χ0v) is 35.4. The third-order valence-electron chi connectivity index (χ3n) is 10.8. The molecule has 3 aliphatic rings. The van der Waals surface area contributed by atoms with E-state index in [0.717, 1.165) is 41.9 Å². The van der Waals surface area contributed by atoms with E-state index in [9.17, 15) is 17.6 Å². The van der Waals surface area contributed by atoms with Gasteiger partial charge in [-0.15, -0.1) is 0 Å². The van der Waals surface area contributed by atoms with E-state index in [4.69, 9.17) is 0 Å². The third kappa shape index (κ3) is 10.9. The summed E-state index contributed by atoms with van der Waals surface area (Å²) in [4.78, 5) is 0. The quantitative estimate of drug-likeness (QED) is 0.0526. The van der Waals surface area contributed by atoms with Crippen molar-refractivity contribution in [2.75, 3.05) is 11.5 Å². The zero-order chi connectivity index (χ0) is 38.2. The molecular weight excluding hydrogens is 855 g/mol. The third-order valence-corrected chi connectivity index (χ3v) is 16.3. The fourth-order valence-corrected chi connectivity index (χ4v) is 12.4. The molecular formula is C49H47Br2F4P. The highest BCUT2D eigenvalue weighted by Gasteiger charge is 2.49. The Labute approximate surface area is 349 Å². The molecule has 0 amide bonds. The molecule has 0 spiro atoms. The lowest BCUT2D eigenvalue weighted by atomic mass is 9.98. The molecule has 6 aromatic carbocycles. The Kier molecular flexibility index (Phi) is 14.8. The first-order chi connectivity index (χ1) is 26.8. The Morgan fingerprint density at radius 1 is 0.482 bits per heavy atom. The SMILES string of the molecule is BrCC1CC1.Fc1cc(-c2ccc(CCC3CC3)cc2)ccc1-c1cc(F)c(F)c(F)c1.[Br-].c1ccc([P+](CC2CC2)(c2ccccc2)c2ccccc2)cc1. The van der Waals surface area contributed by atoms with Crippen molar-refractivity contribution >= 4 is 39.1 Å². The molecule has 0 nitrogen and oxygen atoms in total. The monoisotopic (exact) mass is 900 g/mol. The second kappa shape index (κ2) is 19.7. The standard InChI is InChI=1S/C23H18F4.C22H22P.C4H7Br.BrH/c24-20-11-17(16-7-5-15(6-8-16)4-3-14-1-2-14)9-10-19(20)18-12-21(25)23(27)22(26)13-18;1-4-10-20(11-5-1)23(18-19-16-17-19,21-12-6-2-7-13-21)22-14-8-3-9-15-22;5-3-4-1-2-4;/h5-14H,1-4H2;1-15,19H,16-18H2;4H,1-3H2;1H/q;+1;;/p-1. The average Bonchev–Trinajstić information content (AvgIpc) is 4.07. The van der Waals surface area contributed by atoms with E-state index in [1.54, 1.807) is 6.07 Å². The zero-order valence-electron chi connectivity index (χ0n) is 31.4. The highest BCUT2D eigenvalue weighted by atomic mass is 79.9. The molecule has 3 aliphatic carbocycles. The first kappa shape index (κ1) is 42.0. The lowest BCUT2D eigenvalue weighted by Crippen LogP contribution is -3.00. The molecule has 0 radical (unpaired) electrons. The normalized spacial score (nSPS) is 14.7. The number of hydrogen-bond donors (Lipinski definition) is 0. The molecule has 0 heterocycles. The van der Waals surface area contributed by atoms with Crippen molar-refractivity contribution in [3.63, 3.8) is 0 Å². The van der Waals surface area contributed by atoms with E-state index in [0.29, 0.717) is 5.56 Å². The van der Waals surface area contributed by atoms with Crippen LogP contribution < -0.4 is 32.9 Å². The minimum atomic E-state index is -1.56. The van der Waals surface area contributed by atoms with Gasteiger partial charge in [0.05, 0.1) is 6.16 Å². The Morgan fingerprint density at radius 3 is 1.34 bits per heavy atom. The lowest BCUT2D eigenvalue weighted by Gasteiger charge is -2.27. The molecule has 0 aliphatic heterocycles. The van der Waals surface area contributed by atoms with Crippen LogP contribution in [0.5, 0.6) is 0 Å². The molecule has 3 saturated carbocycles. The number of hydrogen-bond acceptors (Lipinski definition) is 0. The molecule has 56 heavy (non-hydrogen) atoms. The Bertz CT molecular complexity index is 2010. The maximum absolute atomic E-state index is 14.5. The number of alkyl halides is 1. The first-order valence-electron chi connectivity index (χ1n) is 19.5. The molecule has 9 rings (SSSR count). The number of halogens is 6. The molecule has 0 unspecified atom stereocenters. The van der Waals surface area contributed by atoms with Gasteiger partial charge in [-0.2, -0.15) is 0 Å². The minimum absolute atomic E-state index is 0. The van der Waals surface area contributed by atoms with Crippen LogP contribution in [0.4, 0.5) is 17.6 Å². The number of benzene rings is 6. The predicted octanol–water partition coefficient (Wildman–Crippen LogP) is 10.1. The van der Waals surface area contributed by atoms with Crippen molar-refractivity contribution < 1.29 is 34.5 Å². The Hall–Kier alpha value is -3.57. The van der Waals surface area contributed by atoms with Crippen molar-refractivity contribution in [3.8, 4) is 22.3 Å². The summed E-state index contributed by atoms with van der Waals surface area (Å²) in [6.45, 7) is 0. The average molecular weight is 903 g/mol. The van der Waals surface area contributed by atoms with Crippen molar-refractivity contribution in [2.45, 2.75) is 51.4 Å². The van der Waals surface area contributed by atoms with Crippen LogP contribution in [-0.4, -0.2) is 11.5 Å². The van der Waals surface area contributed by atoms with Crippen molar-refractivity contribution in [2.24, 2.45) is 17.8 Å². The second-order valence-corrected chi connectivity index (χ2v) is 19.3. The topological polar surface area (TPSA) is 0 Å².